The predicted octanol–water partition coefficient (Wildman–Crippen LogP) is 3.00. The molecule has 0 aliphatic carbocycles. The number of halogens is 1. The van der Waals surface area contributed by atoms with E-state index in [2.05, 4.69) is 10.2 Å². The molecule has 4 rings (SSSR count). The van der Waals surface area contributed by atoms with Gasteiger partial charge < -0.3 is 29.9 Å². The molecule has 172 valence electrons. The molecule has 1 atom stereocenters. The number of nitrogens with zero attached hydrogens (tertiary/aromatic N) is 1. The van der Waals surface area contributed by atoms with Gasteiger partial charge in [0.2, 0.25) is 0 Å². The van der Waals surface area contributed by atoms with E-state index in [1.807, 2.05) is 18.2 Å². The van der Waals surface area contributed by atoms with Crippen molar-refractivity contribution < 1.29 is 24.5 Å². The maximum atomic E-state index is 12.0. The summed E-state index contributed by atoms with van der Waals surface area (Å²) >= 11 is 6.12. The summed E-state index contributed by atoms with van der Waals surface area (Å²) in [6.45, 7) is 3.73. The highest BCUT2D eigenvalue weighted by atomic mass is 35.5. The fraction of sp³-hybridized carbons (Fsp3) is 0.458. The van der Waals surface area contributed by atoms with Crippen LogP contribution in [0.3, 0.4) is 0 Å². The van der Waals surface area contributed by atoms with Crippen LogP contribution in [-0.4, -0.2) is 65.5 Å². The van der Waals surface area contributed by atoms with Gasteiger partial charge in [-0.05, 0) is 42.8 Å². The molecule has 1 fully saturated rings. The van der Waals surface area contributed by atoms with E-state index in [0.717, 1.165) is 48.7 Å². The van der Waals surface area contributed by atoms with Crippen LogP contribution in [-0.2, 0) is 6.42 Å². The lowest BCUT2D eigenvalue weighted by molar-refractivity contribution is -0.0431. The van der Waals surface area contributed by atoms with E-state index in [4.69, 9.17) is 21.1 Å². The molecular weight excluding hydrogens is 432 g/mol. The number of β-amino-alcohol motifs (C(OH)–C–C–N with tert-alkyl or cyclic N) is 1. The first kappa shape index (κ1) is 22.7. The molecule has 2 aliphatic heterocycles. The lowest BCUT2D eigenvalue weighted by Crippen LogP contribution is -2.52. The number of aliphatic hydroxyl groups is 1. The zero-order valence-corrected chi connectivity index (χ0v) is 19.1. The minimum atomic E-state index is -1.14. The van der Waals surface area contributed by atoms with E-state index in [1.165, 1.54) is 25.2 Å². The Kier molecular flexibility index (Phi) is 6.25. The predicted molar refractivity (Wildman–Crippen MR) is 122 cm³/mol. The van der Waals surface area contributed by atoms with E-state index in [-0.39, 0.29) is 29.6 Å². The summed E-state index contributed by atoms with van der Waals surface area (Å²) in [5, 5.41) is 24.0. The maximum absolute atomic E-state index is 12.0. The van der Waals surface area contributed by atoms with Crippen molar-refractivity contribution in [2.75, 3.05) is 33.3 Å². The summed E-state index contributed by atoms with van der Waals surface area (Å²) < 4.78 is 12.1. The fourth-order valence-electron chi connectivity index (χ4n) is 4.51. The third-order valence-electron chi connectivity index (χ3n) is 6.17. The number of hydrogen-bond donors (Lipinski definition) is 3. The van der Waals surface area contributed by atoms with Crippen molar-refractivity contribution in [3.8, 4) is 17.2 Å². The van der Waals surface area contributed by atoms with Crippen LogP contribution in [0.4, 0.5) is 0 Å². The average molecular weight is 461 g/mol. The maximum Gasteiger partial charge on any atom is 0.254 e. The molecule has 0 radical (unpaired) electrons. The molecule has 0 unspecified atom stereocenters. The lowest BCUT2D eigenvalue weighted by atomic mass is 9.86. The molecular formula is C24H29ClN2O5. The fourth-order valence-corrected chi connectivity index (χ4v) is 4.71. The quantitative estimate of drug-likeness (QED) is 0.614. The molecule has 0 aromatic heterocycles. The van der Waals surface area contributed by atoms with Crippen molar-refractivity contribution in [2.24, 2.45) is 0 Å². The number of phenolic OH excluding ortho intramolecular Hbond substituents is 1. The van der Waals surface area contributed by atoms with Gasteiger partial charge in [-0.1, -0.05) is 11.6 Å². The molecule has 2 aliphatic rings. The van der Waals surface area contributed by atoms with Gasteiger partial charge >= 0.3 is 0 Å². The van der Waals surface area contributed by atoms with Gasteiger partial charge in [0.25, 0.3) is 5.91 Å². The Morgan fingerprint density at radius 3 is 2.75 bits per heavy atom. The van der Waals surface area contributed by atoms with Gasteiger partial charge in [0.05, 0.1) is 5.56 Å². The van der Waals surface area contributed by atoms with Crippen LogP contribution in [0.2, 0.25) is 5.02 Å². The Morgan fingerprint density at radius 1 is 1.28 bits per heavy atom. The number of amides is 1. The summed E-state index contributed by atoms with van der Waals surface area (Å²) in [5.41, 5.74) is 0.127. The number of ether oxygens (including phenoxy) is 2. The molecule has 0 bridgehead atoms. The highest BCUT2D eigenvalue weighted by Crippen LogP contribution is 2.42. The summed E-state index contributed by atoms with van der Waals surface area (Å²) in [6, 6.07) is 10.1. The first-order valence-corrected chi connectivity index (χ1v) is 11.2. The Morgan fingerprint density at radius 2 is 2.03 bits per heavy atom. The molecule has 0 saturated carbocycles. The second kappa shape index (κ2) is 8.81. The highest BCUT2D eigenvalue weighted by molar-refractivity contribution is 6.30. The number of rotatable bonds is 6. The van der Waals surface area contributed by atoms with E-state index in [1.54, 1.807) is 6.92 Å². The number of hydrogen-bond acceptors (Lipinski definition) is 6. The molecule has 7 nitrogen and oxygen atoms in total. The SMILES string of the molecule is CNC(=O)c1ccc(O)cc1OC[C@@](C)(O)CN1CCC2(CC1)Cc1cc(Cl)ccc1O2. The van der Waals surface area contributed by atoms with Crippen LogP contribution >= 0.6 is 11.6 Å². The molecule has 8 heteroatoms. The Hall–Kier alpha value is -2.48. The summed E-state index contributed by atoms with van der Waals surface area (Å²) in [5.74, 6) is 0.826. The molecule has 3 N–H and O–H groups in total. The number of likely N-dealkylation sites (tertiary alicyclic amines) is 1. The molecule has 32 heavy (non-hydrogen) atoms. The van der Waals surface area contributed by atoms with Gasteiger partial charge in [-0.3, -0.25) is 4.79 Å². The second-order valence-corrected chi connectivity index (χ2v) is 9.47. The largest absolute Gasteiger partial charge is 0.508 e. The van der Waals surface area contributed by atoms with Crippen LogP contribution < -0.4 is 14.8 Å². The van der Waals surface area contributed by atoms with Crippen LogP contribution in [0.5, 0.6) is 17.2 Å². The topological polar surface area (TPSA) is 91.3 Å². The molecule has 1 saturated heterocycles. The molecule has 2 aromatic carbocycles. The van der Waals surface area contributed by atoms with Crippen LogP contribution in [0.15, 0.2) is 36.4 Å². The standard InChI is InChI=1S/C24H29ClN2O5/c1-23(30,15-31-21-12-18(28)4-5-19(21)22(29)26-2)14-27-9-7-24(8-10-27)13-16-11-17(25)3-6-20(16)32-24/h3-6,11-12,28,30H,7-10,13-15H2,1-2H3,(H,26,29)/t23-/m0/s1. The summed E-state index contributed by atoms with van der Waals surface area (Å²) in [7, 11) is 1.53. The monoisotopic (exact) mass is 460 g/mol. The van der Waals surface area contributed by atoms with E-state index in [9.17, 15) is 15.0 Å². The van der Waals surface area contributed by atoms with Gasteiger partial charge in [-0.15, -0.1) is 0 Å². The number of piperidine rings is 1. The van der Waals surface area contributed by atoms with Crippen LogP contribution in [0.1, 0.15) is 35.7 Å². The minimum Gasteiger partial charge on any atom is -0.508 e. The van der Waals surface area contributed by atoms with Crippen LogP contribution in [0.25, 0.3) is 0 Å². The number of carbonyl (C=O) groups excluding carboxylic acids is 1. The minimum absolute atomic E-state index is 0.00697. The lowest BCUT2D eigenvalue weighted by Gasteiger charge is -2.41. The van der Waals surface area contributed by atoms with Gasteiger partial charge in [-0.25, -0.2) is 0 Å². The van der Waals surface area contributed by atoms with E-state index < -0.39 is 5.60 Å². The van der Waals surface area contributed by atoms with Crippen molar-refractivity contribution in [3.63, 3.8) is 0 Å². The zero-order valence-electron chi connectivity index (χ0n) is 18.4. The van der Waals surface area contributed by atoms with Crippen molar-refractivity contribution in [3.05, 3.63) is 52.5 Å². The Labute approximate surface area is 192 Å². The number of phenols is 1. The van der Waals surface area contributed by atoms with Gasteiger partial charge in [0.15, 0.2) is 0 Å². The van der Waals surface area contributed by atoms with Gasteiger partial charge in [-0.2, -0.15) is 0 Å². The Bertz CT molecular complexity index is 1000. The number of nitrogens with one attached hydrogen (secondary N) is 1. The van der Waals surface area contributed by atoms with Crippen LogP contribution in [0, 0.1) is 0 Å². The third-order valence-corrected chi connectivity index (χ3v) is 6.40. The van der Waals surface area contributed by atoms with Crippen molar-refractivity contribution in [1.29, 1.82) is 0 Å². The van der Waals surface area contributed by atoms with E-state index in [0.29, 0.717) is 12.1 Å². The number of carbonyl (C=O) groups is 1. The average Bonchev–Trinajstić information content (AvgIpc) is 3.10. The van der Waals surface area contributed by atoms with E-state index >= 15 is 0 Å². The van der Waals surface area contributed by atoms with Gasteiger partial charge in [0.1, 0.15) is 35.1 Å². The van der Waals surface area contributed by atoms with Crippen molar-refractivity contribution in [1.82, 2.24) is 10.2 Å². The smallest absolute Gasteiger partial charge is 0.254 e. The second-order valence-electron chi connectivity index (χ2n) is 9.04. The first-order valence-electron chi connectivity index (χ1n) is 10.8. The highest BCUT2D eigenvalue weighted by Gasteiger charge is 2.42. The van der Waals surface area contributed by atoms with Gasteiger partial charge in [0, 0.05) is 57.0 Å². The Balaban J connectivity index is 1.33. The summed E-state index contributed by atoms with van der Waals surface area (Å²) in [6.07, 6.45) is 2.59. The number of aromatic hydroxyl groups is 1. The summed E-state index contributed by atoms with van der Waals surface area (Å²) in [4.78, 5) is 14.3. The normalized spacial score (nSPS) is 19.1. The molecule has 1 amide bonds. The first-order chi connectivity index (χ1) is 15.2. The number of benzene rings is 2. The molecule has 2 aromatic rings. The van der Waals surface area contributed by atoms with Crippen molar-refractivity contribution in [2.45, 2.75) is 37.4 Å². The third kappa shape index (κ3) is 4.95. The van der Waals surface area contributed by atoms with Crippen molar-refractivity contribution >= 4 is 17.5 Å². The zero-order chi connectivity index (χ0) is 22.9. The molecule has 1 spiro atoms. The number of fused-ring (bicyclic) bond motifs is 1. The molecule has 2 heterocycles.